The fourth-order valence-electron chi connectivity index (χ4n) is 2.55. The molecule has 0 bridgehead atoms. The van der Waals surface area contributed by atoms with Crippen molar-refractivity contribution in [1.29, 1.82) is 0 Å². The third-order valence-electron chi connectivity index (χ3n) is 3.78. The molecule has 0 radical (unpaired) electrons. The van der Waals surface area contributed by atoms with Gasteiger partial charge in [-0.1, -0.05) is 26.7 Å². The highest BCUT2D eigenvalue weighted by molar-refractivity contribution is 4.88. The van der Waals surface area contributed by atoms with Crippen molar-refractivity contribution in [3.05, 3.63) is 0 Å². The van der Waals surface area contributed by atoms with Crippen LogP contribution >= 0.6 is 0 Å². The number of ether oxygens (including phenoxy) is 1. The van der Waals surface area contributed by atoms with Crippen LogP contribution < -0.4 is 5.32 Å². The van der Waals surface area contributed by atoms with E-state index in [0.29, 0.717) is 5.41 Å². The number of hydrogen-bond acceptors (Lipinski definition) is 2. The summed E-state index contributed by atoms with van der Waals surface area (Å²) in [4.78, 5) is 0. The lowest BCUT2D eigenvalue weighted by Gasteiger charge is -2.33. The number of rotatable bonds is 6. The van der Waals surface area contributed by atoms with Gasteiger partial charge >= 0.3 is 0 Å². The van der Waals surface area contributed by atoms with Crippen molar-refractivity contribution in [1.82, 2.24) is 5.32 Å². The Morgan fingerprint density at radius 1 is 1.29 bits per heavy atom. The molecule has 0 aromatic carbocycles. The van der Waals surface area contributed by atoms with Crippen LogP contribution in [-0.4, -0.2) is 26.8 Å². The quantitative estimate of drug-likeness (QED) is 0.663. The minimum Gasteiger partial charge on any atom is -0.383 e. The molecular formula is C12H25NO. The molecule has 1 aliphatic rings. The fraction of sp³-hybridized carbons (Fsp3) is 1.00. The zero-order chi connectivity index (χ0) is 10.4. The van der Waals surface area contributed by atoms with Crippen LogP contribution in [0.4, 0.5) is 0 Å². The summed E-state index contributed by atoms with van der Waals surface area (Å²) in [5.74, 6) is 0.806. The van der Waals surface area contributed by atoms with Crippen LogP contribution in [0.5, 0.6) is 0 Å². The van der Waals surface area contributed by atoms with E-state index in [1.807, 2.05) is 0 Å². The topological polar surface area (TPSA) is 21.3 Å². The molecule has 0 spiro atoms. The van der Waals surface area contributed by atoms with Crippen molar-refractivity contribution in [2.75, 3.05) is 26.8 Å². The molecule has 1 fully saturated rings. The van der Waals surface area contributed by atoms with Crippen LogP contribution in [0, 0.1) is 11.3 Å². The summed E-state index contributed by atoms with van der Waals surface area (Å²) in [6, 6.07) is 0. The summed E-state index contributed by atoms with van der Waals surface area (Å²) >= 11 is 0. The first kappa shape index (κ1) is 12.0. The first-order valence-corrected chi connectivity index (χ1v) is 5.91. The third kappa shape index (κ3) is 2.96. The summed E-state index contributed by atoms with van der Waals surface area (Å²) in [5, 5.41) is 3.53. The molecule has 0 amide bonds. The highest BCUT2D eigenvalue weighted by atomic mass is 16.5. The lowest BCUT2D eigenvalue weighted by atomic mass is 9.75. The van der Waals surface area contributed by atoms with Crippen LogP contribution in [0.2, 0.25) is 0 Å². The van der Waals surface area contributed by atoms with E-state index in [0.717, 1.165) is 19.1 Å². The van der Waals surface area contributed by atoms with Gasteiger partial charge in [-0.3, -0.25) is 0 Å². The van der Waals surface area contributed by atoms with E-state index in [4.69, 9.17) is 4.74 Å². The molecule has 2 nitrogen and oxygen atoms in total. The molecule has 0 saturated heterocycles. The van der Waals surface area contributed by atoms with Crippen molar-refractivity contribution >= 4 is 0 Å². The fourth-order valence-corrected chi connectivity index (χ4v) is 2.55. The van der Waals surface area contributed by atoms with Crippen molar-refractivity contribution in [3.63, 3.8) is 0 Å². The van der Waals surface area contributed by atoms with Crippen LogP contribution in [0.3, 0.4) is 0 Å². The van der Waals surface area contributed by atoms with E-state index < -0.39 is 0 Å². The molecule has 2 heteroatoms. The molecule has 0 aromatic heterocycles. The van der Waals surface area contributed by atoms with E-state index >= 15 is 0 Å². The van der Waals surface area contributed by atoms with Gasteiger partial charge in [0.15, 0.2) is 0 Å². The Labute approximate surface area is 88.4 Å². The van der Waals surface area contributed by atoms with Crippen LogP contribution in [0.15, 0.2) is 0 Å². The highest BCUT2D eigenvalue weighted by Gasteiger charge is 2.36. The molecule has 0 heterocycles. The highest BCUT2D eigenvalue weighted by Crippen LogP contribution is 2.43. The summed E-state index contributed by atoms with van der Waals surface area (Å²) < 4.78 is 5.04. The average molecular weight is 199 g/mol. The monoisotopic (exact) mass is 199 g/mol. The maximum atomic E-state index is 5.04. The lowest BCUT2D eigenvalue weighted by molar-refractivity contribution is 0.166. The number of hydrogen-bond donors (Lipinski definition) is 1. The van der Waals surface area contributed by atoms with E-state index in [1.54, 1.807) is 7.11 Å². The summed E-state index contributed by atoms with van der Waals surface area (Å²) in [6.07, 6.45) is 5.66. The Kier molecular flexibility index (Phi) is 4.90. The maximum Gasteiger partial charge on any atom is 0.0587 e. The zero-order valence-electron chi connectivity index (χ0n) is 9.94. The smallest absolute Gasteiger partial charge is 0.0587 e. The summed E-state index contributed by atoms with van der Waals surface area (Å²) in [5.41, 5.74) is 0.577. The van der Waals surface area contributed by atoms with E-state index in [2.05, 4.69) is 19.2 Å². The maximum absolute atomic E-state index is 5.04. The minimum absolute atomic E-state index is 0.577. The van der Waals surface area contributed by atoms with Gasteiger partial charge in [0.2, 0.25) is 0 Å². The Hall–Kier alpha value is -0.0800. The Balaban J connectivity index is 2.29. The second-order valence-corrected chi connectivity index (χ2v) is 4.89. The number of methoxy groups -OCH3 is 1. The molecule has 0 aromatic rings. The first-order chi connectivity index (χ1) is 6.71. The van der Waals surface area contributed by atoms with Gasteiger partial charge in [-0.25, -0.2) is 0 Å². The van der Waals surface area contributed by atoms with Crippen molar-refractivity contribution in [2.24, 2.45) is 11.3 Å². The van der Waals surface area contributed by atoms with Crippen LogP contribution in [0.1, 0.15) is 39.5 Å². The molecule has 0 atom stereocenters. The third-order valence-corrected chi connectivity index (χ3v) is 3.78. The van der Waals surface area contributed by atoms with Gasteiger partial charge in [0.1, 0.15) is 0 Å². The van der Waals surface area contributed by atoms with Crippen molar-refractivity contribution < 1.29 is 4.74 Å². The molecule has 1 N–H and O–H groups in total. The summed E-state index contributed by atoms with van der Waals surface area (Å²) in [6.45, 7) is 7.72. The lowest BCUT2D eigenvalue weighted by Crippen LogP contribution is -2.37. The largest absolute Gasteiger partial charge is 0.383 e. The van der Waals surface area contributed by atoms with Gasteiger partial charge in [-0.2, -0.15) is 0 Å². The van der Waals surface area contributed by atoms with Crippen LogP contribution in [-0.2, 0) is 4.74 Å². The molecule has 1 aliphatic carbocycles. The van der Waals surface area contributed by atoms with Gasteiger partial charge in [-0.05, 0) is 24.2 Å². The molecular weight excluding hydrogens is 174 g/mol. The van der Waals surface area contributed by atoms with Crippen LogP contribution in [0.25, 0.3) is 0 Å². The molecule has 1 rings (SSSR count). The zero-order valence-corrected chi connectivity index (χ0v) is 9.94. The van der Waals surface area contributed by atoms with Crippen molar-refractivity contribution in [3.8, 4) is 0 Å². The standard InChI is InChI=1S/C12H25NO/c1-11(2)12(6-4-5-7-12)10-13-8-9-14-3/h11,13H,4-10H2,1-3H3. The Morgan fingerprint density at radius 3 is 2.43 bits per heavy atom. The minimum atomic E-state index is 0.577. The molecule has 0 aliphatic heterocycles. The van der Waals surface area contributed by atoms with Gasteiger partial charge in [0, 0.05) is 20.2 Å². The summed E-state index contributed by atoms with van der Waals surface area (Å²) in [7, 11) is 1.76. The predicted octanol–water partition coefficient (Wildman–Crippen LogP) is 2.44. The molecule has 84 valence electrons. The normalized spacial score (nSPS) is 20.6. The molecule has 14 heavy (non-hydrogen) atoms. The van der Waals surface area contributed by atoms with Gasteiger partial charge in [-0.15, -0.1) is 0 Å². The van der Waals surface area contributed by atoms with E-state index in [9.17, 15) is 0 Å². The predicted molar refractivity (Wildman–Crippen MR) is 60.5 cm³/mol. The van der Waals surface area contributed by atoms with Gasteiger partial charge in [0.05, 0.1) is 6.61 Å². The van der Waals surface area contributed by atoms with Gasteiger partial charge in [0.25, 0.3) is 0 Å². The second kappa shape index (κ2) is 5.72. The van der Waals surface area contributed by atoms with E-state index in [1.165, 1.54) is 32.2 Å². The van der Waals surface area contributed by atoms with E-state index in [-0.39, 0.29) is 0 Å². The Bertz CT molecular complexity index is 150. The average Bonchev–Trinajstić information content (AvgIpc) is 2.62. The first-order valence-electron chi connectivity index (χ1n) is 5.91. The molecule has 0 unspecified atom stereocenters. The number of nitrogens with one attached hydrogen (secondary N) is 1. The van der Waals surface area contributed by atoms with Crippen molar-refractivity contribution in [2.45, 2.75) is 39.5 Å². The second-order valence-electron chi connectivity index (χ2n) is 4.89. The SMILES string of the molecule is COCCNCC1(C(C)C)CCCC1. The van der Waals surface area contributed by atoms with Gasteiger partial charge < -0.3 is 10.1 Å². The Morgan fingerprint density at radius 2 is 1.93 bits per heavy atom. The molecule has 1 saturated carbocycles.